The summed E-state index contributed by atoms with van der Waals surface area (Å²) in [7, 11) is 0. The smallest absolute Gasteiger partial charge is 0.322 e. The van der Waals surface area contributed by atoms with Gasteiger partial charge in [0.1, 0.15) is 6.54 Å². The quantitative estimate of drug-likeness (QED) is 0.825. The fourth-order valence-corrected chi connectivity index (χ4v) is 2.82. The van der Waals surface area contributed by atoms with Crippen molar-refractivity contribution in [1.29, 1.82) is 0 Å². The van der Waals surface area contributed by atoms with Gasteiger partial charge in [-0.1, -0.05) is 38.1 Å². The van der Waals surface area contributed by atoms with Gasteiger partial charge >= 0.3 is 5.97 Å². The number of aryl methyl sites for hydroxylation is 2. The van der Waals surface area contributed by atoms with Crippen molar-refractivity contribution in [3.8, 4) is 0 Å². The second-order valence-electron chi connectivity index (χ2n) is 6.41. The third-order valence-electron chi connectivity index (χ3n) is 4.14. The minimum absolute atomic E-state index is 0.0609. The van der Waals surface area contributed by atoms with Crippen LogP contribution >= 0.6 is 0 Å². The van der Waals surface area contributed by atoms with E-state index in [0.717, 1.165) is 12.1 Å². The fourth-order valence-electron chi connectivity index (χ4n) is 2.82. The van der Waals surface area contributed by atoms with Crippen LogP contribution in [0, 0.1) is 13.8 Å². The molecule has 0 unspecified atom stereocenters. The van der Waals surface area contributed by atoms with Crippen molar-refractivity contribution in [2.45, 2.75) is 40.0 Å². The molecule has 2 N–H and O–H groups in total. The van der Waals surface area contributed by atoms with Crippen LogP contribution in [0.4, 0.5) is 5.69 Å². The molecule has 122 valence electrons. The van der Waals surface area contributed by atoms with Crippen LogP contribution in [0.1, 0.15) is 47.6 Å². The third kappa shape index (κ3) is 4.59. The van der Waals surface area contributed by atoms with Crippen molar-refractivity contribution in [3.05, 3.63) is 64.2 Å². The van der Waals surface area contributed by atoms with E-state index in [0.29, 0.717) is 5.92 Å². The van der Waals surface area contributed by atoms with Gasteiger partial charge in [-0.3, -0.25) is 4.79 Å². The molecule has 0 aromatic heterocycles. The van der Waals surface area contributed by atoms with E-state index in [9.17, 15) is 4.79 Å². The predicted octanol–water partition coefficient (Wildman–Crippen LogP) is 4.51. The summed E-state index contributed by atoms with van der Waals surface area (Å²) in [6, 6.07) is 12.8. The van der Waals surface area contributed by atoms with Crippen molar-refractivity contribution in [1.82, 2.24) is 0 Å². The summed E-state index contributed by atoms with van der Waals surface area (Å²) in [6.45, 7) is 8.52. The molecule has 0 aliphatic carbocycles. The molecule has 0 saturated carbocycles. The van der Waals surface area contributed by atoms with Crippen LogP contribution in [-0.4, -0.2) is 17.6 Å². The second kappa shape index (κ2) is 7.32. The maximum absolute atomic E-state index is 10.7. The molecule has 0 amide bonds. The Balaban J connectivity index is 2.23. The molecule has 2 aromatic carbocycles. The Hall–Kier alpha value is -2.29. The summed E-state index contributed by atoms with van der Waals surface area (Å²) in [5.74, 6) is -0.324. The van der Waals surface area contributed by atoms with Gasteiger partial charge in [-0.15, -0.1) is 0 Å². The zero-order valence-electron chi connectivity index (χ0n) is 14.3. The molecule has 0 saturated heterocycles. The Morgan fingerprint density at radius 1 is 1.13 bits per heavy atom. The van der Waals surface area contributed by atoms with E-state index in [4.69, 9.17) is 5.11 Å². The molecule has 0 radical (unpaired) electrons. The number of anilines is 1. The summed E-state index contributed by atoms with van der Waals surface area (Å²) in [5, 5.41) is 11.7. The zero-order valence-corrected chi connectivity index (χ0v) is 14.3. The number of benzene rings is 2. The van der Waals surface area contributed by atoms with Crippen LogP contribution in [0.15, 0.2) is 36.4 Å². The molecule has 0 bridgehead atoms. The normalized spacial score (nSPS) is 10.8. The fraction of sp³-hybridized carbons (Fsp3) is 0.350. The Morgan fingerprint density at radius 2 is 1.78 bits per heavy atom. The van der Waals surface area contributed by atoms with Gasteiger partial charge in [-0.2, -0.15) is 0 Å². The highest BCUT2D eigenvalue weighted by Crippen LogP contribution is 2.24. The molecule has 3 heteroatoms. The first-order valence-electron chi connectivity index (χ1n) is 8.01. The largest absolute Gasteiger partial charge is 0.480 e. The molecule has 0 aliphatic heterocycles. The molecular formula is C20H25NO2. The average molecular weight is 311 g/mol. The minimum Gasteiger partial charge on any atom is -0.480 e. The van der Waals surface area contributed by atoms with E-state index < -0.39 is 5.97 Å². The van der Waals surface area contributed by atoms with E-state index >= 15 is 0 Å². The lowest BCUT2D eigenvalue weighted by Crippen LogP contribution is -2.12. The zero-order chi connectivity index (χ0) is 17.0. The number of carbonyl (C=O) groups is 1. The molecular weight excluding hydrogens is 286 g/mol. The number of carboxylic acids is 1. The van der Waals surface area contributed by atoms with Gasteiger partial charge in [0.2, 0.25) is 0 Å². The van der Waals surface area contributed by atoms with E-state index in [-0.39, 0.29) is 6.54 Å². The number of nitrogens with one attached hydrogen (secondary N) is 1. The first-order valence-corrected chi connectivity index (χ1v) is 8.01. The Labute approximate surface area is 138 Å². The topological polar surface area (TPSA) is 49.3 Å². The number of hydrogen-bond donors (Lipinski definition) is 2. The van der Waals surface area contributed by atoms with Gasteiger partial charge in [-0.25, -0.2) is 0 Å². The van der Waals surface area contributed by atoms with Crippen molar-refractivity contribution < 1.29 is 9.90 Å². The summed E-state index contributed by atoms with van der Waals surface area (Å²) in [6.07, 6.45) is 0.900. The highest BCUT2D eigenvalue weighted by Gasteiger charge is 2.08. The highest BCUT2D eigenvalue weighted by atomic mass is 16.4. The van der Waals surface area contributed by atoms with Crippen LogP contribution in [0.2, 0.25) is 0 Å². The monoisotopic (exact) mass is 311 g/mol. The summed E-state index contributed by atoms with van der Waals surface area (Å²) in [5.41, 5.74) is 7.22. The second-order valence-corrected chi connectivity index (χ2v) is 6.41. The Morgan fingerprint density at radius 3 is 2.35 bits per heavy atom. The van der Waals surface area contributed by atoms with Crippen molar-refractivity contribution >= 4 is 11.7 Å². The number of carboxylic acid groups (broad SMARTS) is 1. The van der Waals surface area contributed by atoms with E-state index in [1.165, 1.54) is 27.8 Å². The first-order chi connectivity index (χ1) is 10.9. The maximum atomic E-state index is 10.7. The predicted molar refractivity (Wildman–Crippen MR) is 95.4 cm³/mol. The van der Waals surface area contributed by atoms with Gasteiger partial charge in [0.15, 0.2) is 0 Å². The first kappa shape index (κ1) is 17.1. The standard InChI is InChI=1S/C20H25NO2/c1-13(2)17-7-5-6-16(10-17)11-19-14(3)8-18(9-15(19)4)21-12-20(22)23/h5-10,13,21H,11-12H2,1-4H3,(H,22,23). The van der Waals surface area contributed by atoms with Crippen molar-refractivity contribution in [2.24, 2.45) is 0 Å². The van der Waals surface area contributed by atoms with Gasteiger partial charge < -0.3 is 10.4 Å². The number of aliphatic carboxylic acids is 1. The molecule has 3 nitrogen and oxygen atoms in total. The molecule has 23 heavy (non-hydrogen) atoms. The third-order valence-corrected chi connectivity index (χ3v) is 4.14. The van der Waals surface area contributed by atoms with Crippen LogP contribution in [-0.2, 0) is 11.2 Å². The highest BCUT2D eigenvalue weighted by molar-refractivity contribution is 5.73. The van der Waals surface area contributed by atoms with Gasteiger partial charge in [0.05, 0.1) is 0 Å². The maximum Gasteiger partial charge on any atom is 0.322 e. The Bertz CT molecular complexity index is 682. The number of hydrogen-bond acceptors (Lipinski definition) is 2. The number of rotatable bonds is 6. The lowest BCUT2D eigenvalue weighted by molar-refractivity contribution is -0.134. The molecule has 0 aliphatic rings. The van der Waals surface area contributed by atoms with Crippen LogP contribution in [0.25, 0.3) is 0 Å². The minimum atomic E-state index is -0.852. The van der Waals surface area contributed by atoms with Gasteiger partial charge in [-0.05, 0) is 66.1 Å². The van der Waals surface area contributed by atoms with Crippen LogP contribution in [0.5, 0.6) is 0 Å². The Kier molecular flexibility index (Phi) is 5.43. The van der Waals surface area contributed by atoms with Crippen molar-refractivity contribution in [3.63, 3.8) is 0 Å². The molecule has 0 heterocycles. The van der Waals surface area contributed by atoms with Crippen LogP contribution < -0.4 is 5.32 Å². The van der Waals surface area contributed by atoms with Crippen LogP contribution in [0.3, 0.4) is 0 Å². The lowest BCUT2D eigenvalue weighted by Gasteiger charge is -2.15. The van der Waals surface area contributed by atoms with E-state index in [1.807, 2.05) is 12.1 Å². The van der Waals surface area contributed by atoms with E-state index in [2.05, 4.69) is 57.3 Å². The molecule has 0 spiro atoms. The summed E-state index contributed by atoms with van der Waals surface area (Å²) >= 11 is 0. The molecule has 0 fully saturated rings. The average Bonchev–Trinajstić information content (AvgIpc) is 2.49. The van der Waals surface area contributed by atoms with E-state index in [1.54, 1.807) is 0 Å². The van der Waals surface area contributed by atoms with Gasteiger partial charge in [0, 0.05) is 5.69 Å². The summed E-state index contributed by atoms with van der Waals surface area (Å²) < 4.78 is 0. The lowest BCUT2D eigenvalue weighted by atomic mass is 9.93. The van der Waals surface area contributed by atoms with Crippen molar-refractivity contribution in [2.75, 3.05) is 11.9 Å². The summed E-state index contributed by atoms with van der Waals surface area (Å²) in [4.78, 5) is 10.7. The SMILES string of the molecule is Cc1cc(NCC(=O)O)cc(C)c1Cc1cccc(C(C)C)c1. The van der Waals surface area contributed by atoms with Gasteiger partial charge in [0.25, 0.3) is 0 Å². The molecule has 2 rings (SSSR count). The molecule has 0 atom stereocenters. The molecule has 2 aromatic rings.